The molecule has 3 aromatic rings. The van der Waals surface area contributed by atoms with E-state index < -0.39 is 0 Å². The molecule has 6 nitrogen and oxygen atoms in total. The summed E-state index contributed by atoms with van der Waals surface area (Å²) in [5, 5.41) is 18.9. The van der Waals surface area contributed by atoms with Crippen molar-refractivity contribution in [1.29, 1.82) is 0 Å². The molecule has 2 heterocycles. The van der Waals surface area contributed by atoms with Crippen LogP contribution in [0.15, 0.2) is 80.4 Å². The Labute approximate surface area is 186 Å². The maximum atomic E-state index is 13.2. The number of furan rings is 1. The van der Waals surface area contributed by atoms with Crippen LogP contribution < -0.4 is 0 Å². The third kappa shape index (κ3) is 5.04. The van der Waals surface area contributed by atoms with Crippen LogP contribution in [0, 0.1) is 5.82 Å². The van der Waals surface area contributed by atoms with Crippen LogP contribution >= 0.6 is 23.4 Å². The van der Waals surface area contributed by atoms with Gasteiger partial charge in [0, 0.05) is 10.6 Å². The fourth-order valence-electron chi connectivity index (χ4n) is 2.76. The smallest absolute Gasteiger partial charge is 0.267 e. The molecular formula is C22H15ClFN3O3S. The van der Waals surface area contributed by atoms with E-state index in [9.17, 15) is 14.3 Å². The zero-order valence-corrected chi connectivity index (χ0v) is 17.5. The minimum absolute atomic E-state index is 0.00726. The average Bonchev–Trinajstić information content (AvgIpc) is 3.36. The maximum Gasteiger partial charge on any atom is 0.267 e. The number of amidine groups is 1. The molecule has 0 aliphatic carbocycles. The molecule has 4 rings (SSSR count). The Balaban J connectivity index is 1.63. The van der Waals surface area contributed by atoms with Gasteiger partial charge in [-0.05, 0) is 65.9 Å². The van der Waals surface area contributed by atoms with Gasteiger partial charge in [-0.1, -0.05) is 23.7 Å². The Kier molecular flexibility index (Phi) is 6.20. The molecule has 31 heavy (non-hydrogen) atoms. The van der Waals surface area contributed by atoms with Crippen LogP contribution in [0.3, 0.4) is 0 Å². The van der Waals surface area contributed by atoms with Gasteiger partial charge >= 0.3 is 0 Å². The summed E-state index contributed by atoms with van der Waals surface area (Å²) in [4.78, 5) is 14.8. The van der Waals surface area contributed by atoms with Crippen molar-refractivity contribution in [2.24, 2.45) is 10.2 Å². The second-order valence-corrected chi connectivity index (χ2v) is 7.91. The number of rotatable bonds is 5. The number of amides is 1. The fourth-order valence-corrected chi connectivity index (χ4v) is 3.88. The molecule has 1 aliphatic heterocycles. The van der Waals surface area contributed by atoms with E-state index in [4.69, 9.17) is 16.0 Å². The average molecular weight is 456 g/mol. The summed E-state index contributed by atoms with van der Waals surface area (Å²) in [5.74, 6) is -0.0351. The molecule has 9 heteroatoms. The third-order valence-electron chi connectivity index (χ3n) is 4.28. The van der Waals surface area contributed by atoms with Gasteiger partial charge in [0.15, 0.2) is 5.17 Å². The van der Waals surface area contributed by atoms with Crippen molar-refractivity contribution >= 4 is 46.7 Å². The summed E-state index contributed by atoms with van der Waals surface area (Å²) in [6.07, 6.45) is 4.54. The molecule has 1 fully saturated rings. The van der Waals surface area contributed by atoms with Gasteiger partial charge in [0.05, 0.1) is 23.9 Å². The molecular weight excluding hydrogens is 441 g/mol. The van der Waals surface area contributed by atoms with Gasteiger partial charge in [-0.15, -0.1) is 5.10 Å². The van der Waals surface area contributed by atoms with Crippen LogP contribution in [0.1, 0.15) is 16.9 Å². The number of halogens is 2. The van der Waals surface area contributed by atoms with Crippen molar-refractivity contribution in [2.75, 3.05) is 0 Å². The van der Waals surface area contributed by atoms with Gasteiger partial charge in [0.2, 0.25) is 0 Å². The SMILES string of the molecule is O=C1/C(=C/c2ccc(F)cc2)S/C(=N\N=C\c2cc(Cl)ccc2O)N1Cc1ccco1. The van der Waals surface area contributed by atoms with Crippen LogP contribution in [-0.2, 0) is 11.3 Å². The summed E-state index contributed by atoms with van der Waals surface area (Å²) < 4.78 is 18.5. The number of phenolic OH excluding ortho intramolecular Hbond substituents is 1. The minimum atomic E-state index is -0.354. The Bertz CT molecular complexity index is 1190. The first-order chi connectivity index (χ1) is 15.0. The lowest BCUT2D eigenvalue weighted by molar-refractivity contribution is -0.122. The molecule has 0 atom stereocenters. The first-order valence-electron chi connectivity index (χ1n) is 9.08. The monoisotopic (exact) mass is 455 g/mol. The second-order valence-electron chi connectivity index (χ2n) is 6.46. The number of thioether (sulfide) groups is 1. The van der Waals surface area contributed by atoms with Crippen molar-refractivity contribution in [1.82, 2.24) is 4.90 Å². The Hall–Kier alpha value is -3.36. The van der Waals surface area contributed by atoms with E-state index in [0.717, 1.165) is 11.8 Å². The quantitative estimate of drug-likeness (QED) is 0.322. The minimum Gasteiger partial charge on any atom is -0.507 e. The van der Waals surface area contributed by atoms with E-state index in [1.165, 1.54) is 35.6 Å². The van der Waals surface area contributed by atoms with Crippen LogP contribution in [0.4, 0.5) is 4.39 Å². The Morgan fingerprint density at radius 3 is 2.74 bits per heavy atom. The van der Waals surface area contributed by atoms with Crippen LogP contribution in [0.25, 0.3) is 6.08 Å². The molecule has 156 valence electrons. The summed E-state index contributed by atoms with van der Waals surface area (Å²) >= 11 is 7.08. The number of carbonyl (C=O) groups excluding carboxylic acids is 1. The van der Waals surface area contributed by atoms with Gasteiger partial charge < -0.3 is 9.52 Å². The molecule has 0 radical (unpaired) electrons. The highest BCUT2D eigenvalue weighted by Gasteiger charge is 2.34. The van der Waals surface area contributed by atoms with Gasteiger partial charge in [-0.2, -0.15) is 5.10 Å². The first-order valence-corrected chi connectivity index (χ1v) is 10.3. The summed E-state index contributed by atoms with van der Waals surface area (Å²) in [7, 11) is 0. The van der Waals surface area contributed by atoms with Gasteiger partial charge in [-0.3, -0.25) is 9.69 Å². The summed E-state index contributed by atoms with van der Waals surface area (Å²) in [6, 6.07) is 13.9. The summed E-state index contributed by atoms with van der Waals surface area (Å²) in [5.41, 5.74) is 1.08. The largest absolute Gasteiger partial charge is 0.507 e. The highest BCUT2D eigenvalue weighted by atomic mass is 35.5. The Morgan fingerprint density at radius 2 is 2.00 bits per heavy atom. The van der Waals surface area contributed by atoms with Crippen LogP contribution in [0.5, 0.6) is 5.75 Å². The van der Waals surface area contributed by atoms with E-state index >= 15 is 0 Å². The lowest BCUT2D eigenvalue weighted by Crippen LogP contribution is -2.28. The molecule has 0 bridgehead atoms. The highest BCUT2D eigenvalue weighted by Crippen LogP contribution is 2.34. The van der Waals surface area contributed by atoms with Gasteiger partial charge in [0.1, 0.15) is 17.3 Å². The summed E-state index contributed by atoms with van der Waals surface area (Å²) in [6.45, 7) is 0.177. The molecule has 1 N–H and O–H groups in total. The number of carbonyl (C=O) groups is 1. The van der Waals surface area contributed by atoms with Crippen LogP contribution in [0.2, 0.25) is 5.02 Å². The van der Waals surface area contributed by atoms with Crippen molar-refractivity contribution in [2.45, 2.75) is 6.54 Å². The molecule has 0 unspecified atom stereocenters. The molecule has 0 spiro atoms. The van der Waals surface area contributed by atoms with Crippen molar-refractivity contribution in [3.63, 3.8) is 0 Å². The normalized spacial score (nSPS) is 16.8. The van der Waals surface area contributed by atoms with E-state index in [-0.39, 0.29) is 24.0 Å². The van der Waals surface area contributed by atoms with Gasteiger partial charge in [0.25, 0.3) is 5.91 Å². The first kappa shape index (κ1) is 20.9. The maximum absolute atomic E-state index is 13.2. The fraction of sp³-hybridized carbons (Fsp3) is 0.0455. The number of hydrogen-bond acceptors (Lipinski definition) is 6. The van der Waals surface area contributed by atoms with E-state index in [1.54, 1.807) is 42.5 Å². The van der Waals surface area contributed by atoms with Crippen molar-refractivity contribution < 1.29 is 18.7 Å². The second kappa shape index (κ2) is 9.20. The molecule has 1 amide bonds. The standard InChI is InChI=1S/C22H15ClFN3O3S/c23-16-5-8-19(28)15(11-16)12-25-26-22-27(13-18-2-1-9-30-18)21(29)20(31-22)10-14-3-6-17(24)7-4-14/h1-12,28H,13H2/b20-10-,25-12+,26-22-. The molecule has 1 aromatic heterocycles. The molecule has 1 saturated heterocycles. The number of hydrogen-bond donors (Lipinski definition) is 1. The Morgan fingerprint density at radius 1 is 1.19 bits per heavy atom. The lowest BCUT2D eigenvalue weighted by atomic mass is 10.2. The molecule has 1 aliphatic rings. The number of nitrogens with zero attached hydrogens (tertiary/aromatic N) is 3. The predicted octanol–water partition coefficient (Wildman–Crippen LogP) is 5.28. The topological polar surface area (TPSA) is 78.4 Å². The number of benzene rings is 2. The predicted molar refractivity (Wildman–Crippen MR) is 119 cm³/mol. The molecule has 0 saturated carbocycles. The van der Waals surface area contributed by atoms with Crippen molar-refractivity contribution in [3.8, 4) is 5.75 Å². The van der Waals surface area contributed by atoms with E-state index in [2.05, 4.69) is 10.2 Å². The van der Waals surface area contributed by atoms with E-state index in [0.29, 0.717) is 32.0 Å². The number of phenols is 1. The van der Waals surface area contributed by atoms with E-state index in [1.807, 2.05) is 0 Å². The highest BCUT2D eigenvalue weighted by molar-refractivity contribution is 8.18. The van der Waals surface area contributed by atoms with Crippen LogP contribution in [-0.4, -0.2) is 27.3 Å². The lowest BCUT2D eigenvalue weighted by Gasteiger charge is -2.12. The molecule has 2 aromatic carbocycles. The third-order valence-corrected chi connectivity index (χ3v) is 5.51. The van der Waals surface area contributed by atoms with Gasteiger partial charge in [-0.25, -0.2) is 4.39 Å². The number of aromatic hydroxyl groups is 1. The van der Waals surface area contributed by atoms with Crippen molar-refractivity contribution in [3.05, 3.63) is 93.5 Å². The zero-order chi connectivity index (χ0) is 21.8. The zero-order valence-electron chi connectivity index (χ0n) is 15.9.